The second-order valence-corrected chi connectivity index (χ2v) is 4.96. The van der Waals surface area contributed by atoms with Gasteiger partial charge in [-0.25, -0.2) is 0 Å². The molecule has 0 saturated carbocycles. The minimum absolute atomic E-state index is 0.572. The summed E-state index contributed by atoms with van der Waals surface area (Å²) in [6, 6.07) is 10.7. The number of benzene rings is 1. The van der Waals surface area contributed by atoms with Crippen LogP contribution in [0.5, 0.6) is 0 Å². The molecular formula is C13H19P. The minimum atomic E-state index is 0.572. The van der Waals surface area contributed by atoms with Crippen molar-refractivity contribution >= 4 is 8.58 Å². The number of rotatable bonds is 6. The largest absolute Gasteiger partial charge is 0.110 e. The Morgan fingerprint density at radius 3 is 2.64 bits per heavy atom. The quantitative estimate of drug-likeness (QED) is 0.368. The molecule has 0 amide bonds. The van der Waals surface area contributed by atoms with Crippen molar-refractivity contribution in [1.29, 1.82) is 0 Å². The summed E-state index contributed by atoms with van der Waals surface area (Å²) in [7, 11) is 0.990. The molecule has 76 valence electrons. The molecule has 0 spiro atoms. The SMILES string of the molecule is C=CC(PCCCC)c1ccccc1. The highest BCUT2D eigenvalue weighted by Gasteiger charge is 2.05. The Hall–Kier alpha value is -0.610. The average Bonchev–Trinajstić information content (AvgIpc) is 2.26. The molecule has 0 N–H and O–H groups in total. The first kappa shape index (κ1) is 11.5. The van der Waals surface area contributed by atoms with Crippen molar-refractivity contribution in [3.8, 4) is 0 Å². The Morgan fingerprint density at radius 2 is 2.07 bits per heavy atom. The van der Waals surface area contributed by atoms with Crippen molar-refractivity contribution in [2.24, 2.45) is 0 Å². The average molecular weight is 206 g/mol. The molecule has 0 radical (unpaired) electrons. The molecule has 0 nitrogen and oxygen atoms in total. The third kappa shape index (κ3) is 3.64. The molecule has 2 atom stereocenters. The van der Waals surface area contributed by atoms with Gasteiger partial charge in [0.25, 0.3) is 0 Å². The summed E-state index contributed by atoms with van der Waals surface area (Å²) in [6.07, 6.45) is 6.06. The smallest absolute Gasteiger partial charge is 0.0189 e. The van der Waals surface area contributed by atoms with Crippen LogP contribution in [-0.4, -0.2) is 6.16 Å². The van der Waals surface area contributed by atoms with Gasteiger partial charge in [-0.15, -0.1) is 15.2 Å². The van der Waals surface area contributed by atoms with E-state index in [2.05, 4.69) is 49.9 Å². The molecule has 2 unspecified atom stereocenters. The van der Waals surface area contributed by atoms with Crippen LogP contribution in [0.1, 0.15) is 31.0 Å². The fourth-order valence-corrected chi connectivity index (χ4v) is 2.90. The van der Waals surface area contributed by atoms with Crippen molar-refractivity contribution in [3.05, 3.63) is 48.6 Å². The highest BCUT2D eigenvalue weighted by molar-refractivity contribution is 7.38. The normalized spacial score (nSPS) is 13.2. The van der Waals surface area contributed by atoms with Crippen LogP contribution < -0.4 is 0 Å². The second-order valence-electron chi connectivity index (χ2n) is 3.43. The van der Waals surface area contributed by atoms with E-state index in [0.29, 0.717) is 5.66 Å². The van der Waals surface area contributed by atoms with Gasteiger partial charge < -0.3 is 0 Å². The van der Waals surface area contributed by atoms with Gasteiger partial charge in [0.1, 0.15) is 0 Å². The first-order valence-electron chi connectivity index (χ1n) is 5.29. The van der Waals surface area contributed by atoms with Crippen molar-refractivity contribution in [2.75, 3.05) is 6.16 Å². The lowest BCUT2D eigenvalue weighted by atomic mass is 10.1. The van der Waals surface area contributed by atoms with Gasteiger partial charge >= 0.3 is 0 Å². The molecule has 0 aromatic heterocycles. The van der Waals surface area contributed by atoms with Crippen LogP contribution in [0, 0.1) is 0 Å². The Balaban J connectivity index is 2.50. The minimum Gasteiger partial charge on any atom is -0.110 e. The number of unbranched alkanes of at least 4 members (excludes halogenated alkanes) is 1. The Morgan fingerprint density at radius 1 is 1.36 bits per heavy atom. The highest BCUT2D eigenvalue weighted by atomic mass is 31.1. The van der Waals surface area contributed by atoms with Crippen LogP contribution in [0.3, 0.4) is 0 Å². The van der Waals surface area contributed by atoms with E-state index in [1.54, 1.807) is 0 Å². The van der Waals surface area contributed by atoms with E-state index in [1.807, 2.05) is 0 Å². The van der Waals surface area contributed by atoms with Crippen molar-refractivity contribution in [3.63, 3.8) is 0 Å². The maximum Gasteiger partial charge on any atom is 0.0189 e. The van der Waals surface area contributed by atoms with E-state index in [1.165, 1.54) is 24.6 Å². The number of hydrogen-bond acceptors (Lipinski definition) is 0. The molecule has 1 rings (SSSR count). The van der Waals surface area contributed by atoms with Gasteiger partial charge in [0, 0.05) is 5.66 Å². The summed E-state index contributed by atoms with van der Waals surface area (Å²) in [5.74, 6) is 0. The molecule has 1 aromatic carbocycles. The summed E-state index contributed by atoms with van der Waals surface area (Å²) >= 11 is 0. The predicted molar refractivity (Wildman–Crippen MR) is 67.5 cm³/mol. The monoisotopic (exact) mass is 206 g/mol. The first-order valence-corrected chi connectivity index (χ1v) is 6.57. The summed E-state index contributed by atoms with van der Waals surface area (Å²) < 4.78 is 0. The van der Waals surface area contributed by atoms with Gasteiger partial charge in [-0.3, -0.25) is 0 Å². The lowest BCUT2D eigenvalue weighted by Gasteiger charge is -2.12. The van der Waals surface area contributed by atoms with Gasteiger partial charge in [0.2, 0.25) is 0 Å². The standard InChI is InChI=1S/C13H19P/c1-3-5-11-14-13(4-2)12-9-7-6-8-10-12/h4,6-10,13-14H,2-3,5,11H2,1H3. The molecular weight excluding hydrogens is 187 g/mol. The number of hydrogen-bond donors (Lipinski definition) is 0. The van der Waals surface area contributed by atoms with Crippen molar-refractivity contribution in [2.45, 2.75) is 25.4 Å². The highest BCUT2D eigenvalue weighted by Crippen LogP contribution is 2.35. The van der Waals surface area contributed by atoms with Crippen molar-refractivity contribution < 1.29 is 0 Å². The summed E-state index contributed by atoms with van der Waals surface area (Å²) in [4.78, 5) is 0. The van der Waals surface area contributed by atoms with Gasteiger partial charge in [0.15, 0.2) is 0 Å². The van der Waals surface area contributed by atoms with E-state index in [0.717, 1.165) is 8.58 Å². The molecule has 0 aliphatic heterocycles. The van der Waals surface area contributed by atoms with E-state index >= 15 is 0 Å². The fourth-order valence-electron chi connectivity index (χ4n) is 1.43. The van der Waals surface area contributed by atoms with Crippen molar-refractivity contribution in [1.82, 2.24) is 0 Å². The Labute approximate surface area is 89.2 Å². The number of allylic oxidation sites excluding steroid dienone is 1. The third-order valence-corrected chi connectivity index (χ3v) is 3.94. The predicted octanol–water partition coefficient (Wildman–Crippen LogP) is 4.39. The fraction of sp³-hybridized carbons (Fsp3) is 0.385. The van der Waals surface area contributed by atoms with E-state index in [-0.39, 0.29) is 0 Å². The zero-order valence-electron chi connectivity index (χ0n) is 8.87. The molecule has 0 bridgehead atoms. The zero-order chi connectivity index (χ0) is 10.2. The van der Waals surface area contributed by atoms with Crippen LogP contribution in [0.15, 0.2) is 43.0 Å². The molecule has 1 aromatic rings. The van der Waals surface area contributed by atoms with Crippen LogP contribution in [-0.2, 0) is 0 Å². The molecule has 0 saturated heterocycles. The van der Waals surface area contributed by atoms with Crippen LogP contribution >= 0.6 is 8.58 Å². The molecule has 0 aliphatic rings. The van der Waals surface area contributed by atoms with Crippen LogP contribution in [0.25, 0.3) is 0 Å². The van der Waals surface area contributed by atoms with Crippen LogP contribution in [0.4, 0.5) is 0 Å². The molecule has 0 fully saturated rings. The molecule has 0 heterocycles. The van der Waals surface area contributed by atoms with Gasteiger partial charge in [-0.1, -0.05) is 49.8 Å². The lowest BCUT2D eigenvalue weighted by molar-refractivity contribution is 0.891. The zero-order valence-corrected chi connectivity index (χ0v) is 9.87. The maximum absolute atomic E-state index is 3.92. The Kier molecular flexibility index (Phi) is 5.56. The summed E-state index contributed by atoms with van der Waals surface area (Å²) in [5.41, 5.74) is 1.99. The molecule has 1 heteroatoms. The summed E-state index contributed by atoms with van der Waals surface area (Å²) in [5, 5.41) is 0. The molecule has 14 heavy (non-hydrogen) atoms. The maximum atomic E-state index is 3.92. The molecule has 0 aliphatic carbocycles. The summed E-state index contributed by atoms with van der Waals surface area (Å²) in [6.45, 7) is 6.17. The van der Waals surface area contributed by atoms with Gasteiger partial charge in [0.05, 0.1) is 0 Å². The lowest BCUT2D eigenvalue weighted by Crippen LogP contribution is -1.88. The first-order chi connectivity index (χ1) is 6.88. The third-order valence-electron chi connectivity index (χ3n) is 2.29. The van der Waals surface area contributed by atoms with E-state index in [4.69, 9.17) is 0 Å². The van der Waals surface area contributed by atoms with Crippen LogP contribution in [0.2, 0.25) is 0 Å². The van der Waals surface area contributed by atoms with E-state index < -0.39 is 0 Å². The van der Waals surface area contributed by atoms with Gasteiger partial charge in [-0.05, 0) is 18.1 Å². The topological polar surface area (TPSA) is 0 Å². The van der Waals surface area contributed by atoms with Gasteiger partial charge in [-0.2, -0.15) is 0 Å². The van der Waals surface area contributed by atoms with E-state index in [9.17, 15) is 0 Å². The Bertz CT molecular complexity index is 253. The second kappa shape index (κ2) is 6.79.